The van der Waals surface area contributed by atoms with Crippen molar-refractivity contribution in [3.63, 3.8) is 0 Å². The van der Waals surface area contributed by atoms with Gasteiger partial charge in [0.2, 0.25) is 5.75 Å². The summed E-state index contributed by atoms with van der Waals surface area (Å²) in [6.07, 6.45) is 1.38. The summed E-state index contributed by atoms with van der Waals surface area (Å²) >= 11 is 3.19. The van der Waals surface area contributed by atoms with Crippen LogP contribution in [0.2, 0.25) is 0 Å². The standard InChI is InChI=1S/C19H13BrN2O4/c20-14-10-13(19(23)18(11-14)22(24)25)12-21-15-6-8-17(9-7-15)26-16-4-2-1-3-5-16/h1-12,23H. The van der Waals surface area contributed by atoms with Crippen molar-refractivity contribution < 1.29 is 14.8 Å². The van der Waals surface area contributed by atoms with Crippen molar-refractivity contribution in [2.24, 2.45) is 4.99 Å². The number of ether oxygens (including phenoxy) is 1. The zero-order valence-corrected chi connectivity index (χ0v) is 15.0. The van der Waals surface area contributed by atoms with Crippen LogP contribution in [0.1, 0.15) is 5.56 Å². The number of aromatic hydroxyl groups is 1. The number of para-hydroxylation sites is 1. The maximum absolute atomic E-state index is 11.0. The van der Waals surface area contributed by atoms with Gasteiger partial charge in [-0.05, 0) is 42.5 Å². The zero-order chi connectivity index (χ0) is 18.5. The minimum Gasteiger partial charge on any atom is -0.502 e. The second-order valence-corrected chi connectivity index (χ2v) is 6.20. The minimum atomic E-state index is -0.646. The SMILES string of the molecule is O=[N+]([O-])c1cc(Br)cc(C=Nc2ccc(Oc3ccccc3)cc2)c1O. The number of halogens is 1. The largest absolute Gasteiger partial charge is 0.502 e. The van der Waals surface area contributed by atoms with Gasteiger partial charge < -0.3 is 9.84 Å². The highest BCUT2D eigenvalue weighted by molar-refractivity contribution is 9.10. The van der Waals surface area contributed by atoms with Crippen molar-refractivity contribution >= 4 is 33.5 Å². The van der Waals surface area contributed by atoms with Crippen LogP contribution in [0.4, 0.5) is 11.4 Å². The van der Waals surface area contributed by atoms with Crippen LogP contribution in [0.3, 0.4) is 0 Å². The third-order valence-electron chi connectivity index (χ3n) is 3.45. The molecule has 6 nitrogen and oxygen atoms in total. The Morgan fingerprint density at radius 3 is 2.35 bits per heavy atom. The van der Waals surface area contributed by atoms with Crippen LogP contribution in [0.15, 0.2) is 76.2 Å². The van der Waals surface area contributed by atoms with Crippen molar-refractivity contribution in [3.05, 3.63) is 86.9 Å². The van der Waals surface area contributed by atoms with Gasteiger partial charge in [-0.2, -0.15) is 0 Å². The number of phenolic OH excluding ortho intramolecular Hbond substituents is 1. The maximum Gasteiger partial charge on any atom is 0.312 e. The Morgan fingerprint density at radius 2 is 1.69 bits per heavy atom. The zero-order valence-electron chi connectivity index (χ0n) is 13.4. The Bertz CT molecular complexity index is 957. The minimum absolute atomic E-state index is 0.246. The summed E-state index contributed by atoms with van der Waals surface area (Å²) in [6, 6.07) is 19.2. The first-order valence-corrected chi connectivity index (χ1v) is 8.36. The lowest BCUT2D eigenvalue weighted by atomic mass is 10.2. The molecule has 0 unspecified atom stereocenters. The van der Waals surface area contributed by atoms with E-state index in [0.717, 1.165) is 5.75 Å². The van der Waals surface area contributed by atoms with Crippen LogP contribution in [0, 0.1) is 10.1 Å². The average molecular weight is 413 g/mol. The number of nitro groups is 1. The third-order valence-corrected chi connectivity index (χ3v) is 3.91. The number of rotatable bonds is 5. The van der Waals surface area contributed by atoms with Gasteiger partial charge >= 0.3 is 5.69 Å². The first-order chi connectivity index (χ1) is 12.5. The van der Waals surface area contributed by atoms with Gasteiger partial charge in [0.1, 0.15) is 11.5 Å². The molecule has 3 aromatic carbocycles. The van der Waals surface area contributed by atoms with Crippen LogP contribution in [-0.4, -0.2) is 16.2 Å². The maximum atomic E-state index is 11.0. The van der Waals surface area contributed by atoms with Crippen LogP contribution in [-0.2, 0) is 0 Å². The second kappa shape index (κ2) is 7.79. The van der Waals surface area contributed by atoms with Crippen LogP contribution >= 0.6 is 15.9 Å². The van der Waals surface area contributed by atoms with E-state index < -0.39 is 10.7 Å². The molecule has 0 saturated heterocycles. The van der Waals surface area contributed by atoms with Gasteiger partial charge in [-0.3, -0.25) is 15.1 Å². The van der Waals surface area contributed by atoms with Gasteiger partial charge in [0.25, 0.3) is 0 Å². The Balaban J connectivity index is 1.78. The van der Waals surface area contributed by atoms with E-state index in [4.69, 9.17) is 4.74 Å². The smallest absolute Gasteiger partial charge is 0.312 e. The molecule has 0 atom stereocenters. The molecule has 130 valence electrons. The topological polar surface area (TPSA) is 85.0 Å². The van der Waals surface area contributed by atoms with Crippen molar-refractivity contribution in [1.29, 1.82) is 0 Å². The molecule has 0 spiro atoms. The van der Waals surface area contributed by atoms with Crippen molar-refractivity contribution in [2.75, 3.05) is 0 Å². The molecule has 1 N–H and O–H groups in total. The van der Waals surface area contributed by atoms with E-state index in [-0.39, 0.29) is 11.3 Å². The molecule has 0 bridgehead atoms. The Hall–Kier alpha value is -3.19. The fourth-order valence-electron chi connectivity index (χ4n) is 2.21. The molecule has 3 rings (SSSR count). The molecule has 0 aliphatic rings. The van der Waals surface area contributed by atoms with E-state index >= 15 is 0 Å². The van der Waals surface area contributed by atoms with Crippen LogP contribution < -0.4 is 4.74 Å². The summed E-state index contributed by atoms with van der Waals surface area (Å²) < 4.78 is 6.18. The summed E-state index contributed by atoms with van der Waals surface area (Å²) in [5.74, 6) is 0.970. The molecule has 0 heterocycles. The molecular weight excluding hydrogens is 400 g/mol. The molecule has 0 saturated carbocycles. The molecule has 0 aliphatic carbocycles. The van der Waals surface area contributed by atoms with Crippen molar-refractivity contribution in [1.82, 2.24) is 0 Å². The molecule has 7 heteroatoms. The van der Waals surface area contributed by atoms with Crippen molar-refractivity contribution in [3.8, 4) is 17.2 Å². The number of aliphatic imine (C=N–C) groups is 1. The number of hydrogen-bond acceptors (Lipinski definition) is 5. The number of hydrogen-bond donors (Lipinski definition) is 1. The van der Waals surface area contributed by atoms with Crippen LogP contribution in [0.25, 0.3) is 0 Å². The van der Waals surface area contributed by atoms with Gasteiger partial charge in [-0.15, -0.1) is 0 Å². The van der Waals surface area contributed by atoms with E-state index in [9.17, 15) is 15.2 Å². The lowest BCUT2D eigenvalue weighted by molar-refractivity contribution is -0.385. The summed E-state index contributed by atoms with van der Waals surface area (Å²) in [7, 11) is 0. The fraction of sp³-hybridized carbons (Fsp3) is 0. The summed E-state index contributed by atoms with van der Waals surface area (Å²) in [5, 5.41) is 21.0. The highest BCUT2D eigenvalue weighted by Crippen LogP contribution is 2.33. The van der Waals surface area contributed by atoms with Crippen molar-refractivity contribution in [2.45, 2.75) is 0 Å². The molecular formula is C19H13BrN2O4. The van der Waals surface area contributed by atoms with Gasteiger partial charge in [-0.25, -0.2) is 0 Å². The number of benzene rings is 3. The Kier molecular flexibility index (Phi) is 5.28. The molecule has 0 amide bonds. The Morgan fingerprint density at radius 1 is 1.04 bits per heavy atom. The monoisotopic (exact) mass is 412 g/mol. The molecule has 0 aromatic heterocycles. The fourth-order valence-corrected chi connectivity index (χ4v) is 2.68. The molecule has 3 aromatic rings. The summed E-state index contributed by atoms with van der Waals surface area (Å²) in [6.45, 7) is 0. The first-order valence-electron chi connectivity index (χ1n) is 7.57. The van der Waals surface area contributed by atoms with Gasteiger partial charge in [0.15, 0.2) is 0 Å². The lowest BCUT2D eigenvalue weighted by Gasteiger charge is -2.05. The number of nitro benzene ring substituents is 1. The van der Waals surface area contributed by atoms with Gasteiger partial charge in [0.05, 0.1) is 10.6 Å². The van der Waals surface area contributed by atoms with Crippen LogP contribution in [0.5, 0.6) is 17.2 Å². The lowest BCUT2D eigenvalue weighted by Crippen LogP contribution is -1.92. The normalized spacial score (nSPS) is 10.8. The molecule has 26 heavy (non-hydrogen) atoms. The van der Waals surface area contributed by atoms with E-state index in [2.05, 4.69) is 20.9 Å². The van der Waals surface area contributed by atoms with E-state index in [0.29, 0.717) is 15.9 Å². The van der Waals surface area contributed by atoms with Gasteiger partial charge in [-0.1, -0.05) is 34.1 Å². The molecule has 0 aliphatic heterocycles. The summed E-state index contributed by atoms with van der Waals surface area (Å²) in [5.41, 5.74) is 0.482. The second-order valence-electron chi connectivity index (χ2n) is 5.29. The van der Waals surface area contributed by atoms with E-state index in [1.54, 1.807) is 30.3 Å². The predicted molar refractivity (Wildman–Crippen MR) is 103 cm³/mol. The molecule has 0 fully saturated rings. The third kappa shape index (κ3) is 4.25. The van der Waals surface area contributed by atoms with Gasteiger partial charge in [0, 0.05) is 22.3 Å². The van der Waals surface area contributed by atoms with E-state index in [1.165, 1.54) is 12.3 Å². The average Bonchev–Trinajstić information content (AvgIpc) is 2.64. The van der Waals surface area contributed by atoms with E-state index in [1.807, 2.05) is 30.3 Å². The summed E-state index contributed by atoms with van der Waals surface area (Å²) in [4.78, 5) is 14.6. The highest BCUT2D eigenvalue weighted by atomic mass is 79.9. The molecule has 0 radical (unpaired) electrons. The number of nitrogens with zero attached hydrogens (tertiary/aromatic N) is 2. The quantitative estimate of drug-likeness (QED) is 0.335. The first kappa shape index (κ1) is 17.6. The number of phenols is 1. The highest BCUT2D eigenvalue weighted by Gasteiger charge is 2.17. The Labute approximate surface area is 157 Å². The predicted octanol–water partition coefficient (Wildman–Crippen LogP) is 5.61.